The predicted octanol–water partition coefficient (Wildman–Crippen LogP) is 2.46. The summed E-state index contributed by atoms with van der Waals surface area (Å²) in [5.41, 5.74) is 2.08. The van der Waals surface area contributed by atoms with Crippen LogP contribution in [0.3, 0.4) is 0 Å². The van der Waals surface area contributed by atoms with Crippen LogP contribution in [-0.2, 0) is 11.3 Å². The number of benzene rings is 2. The fourth-order valence-electron chi connectivity index (χ4n) is 3.90. The fraction of sp³-hybridized carbons (Fsp3) is 0.250. The van der Waals surface area contributed by atoms with E-state index < -0.39 is 5.82 Å². The number of fused-ring (bicyclic) bond motifs is 3. The summed E-state index contributed by atoms with van der Waals surface area (Å²) in [6.07, 6.45) is 0. The summed E-state index contributed by atoms with van der Waals surface area (Å²) in [5.74, 6) is -0.0149. The number of amides is 3. The van der Waals surface area contributed by atoms with Crippen molar-refractivity contribution >= 4 is 34.6 Å². The number of rotatable bonds is 3. The van der Waals surface area contributed by atoms with E-state index in [-0.39, 0.29) is 24.2 Å². The van der Waals surface area contributed by atoms with Gasteiger partial charge in [-0.25, -0.2) is 14.2 Å². The number of para-hydroxylation sites is 3. The summed E-state index contributed by atoms with van der Waals surface area (Å²) >= 11 is 0. The maximum Gasteiger partial charge on any atom is 0.325 e. The molecular formula is C20H18FN5O2. The molecule has 0 bridgehead atoms. The average Bonchev–Trinajstić information content (AvgIpc) is 3.37. The quantitative estimate of drug-likeness (QED) is 0.702. The first-order valence-electron chi connectivity index (χ1n) is 9.20. The lowest BCUT2D eigenvalue weighted by Gasteiger charge is -2.21. The van der Waals surface area contributed by atoms with Crippen molar-refractivity contribution in [3.63, 3.8) is 0 Å². The zero-order valence-corrected chi connectivity index (χ0v) is 15.1. The van der Waals surface area contributed by atoms with Gasteiger partial charge in [0.2, 0.25) is 11.9 Å². The van der Waals surface area contributed by atoms with Crippen molar-refractivity contribution in [2.24, 2.45) is 0 Å². The molecular weight excluding hydrogens is 361 g/mol. The molecule has 2 aromatic carbocycles. The topological polar surface area (TPSA) is 61.7 Å². The van der Waals surface area contributed by atoms with Gasteiger partial charge in [0.15, 0.2) is 0 Å². The Kier molecular flexibility index (Phi) is 3.78. The second-order valence-electron chi connectivity index (χ2n) is 6.90. The van der Waals surface area contributed by atoms with E-state index in [4.69, 9.17) is 0 Å². The number of anilines is 2. The molecule has 3 heterocycles. The largest absolute Gasteiger partial charge is 0.325 e. The lowest BCUT2D eigenvalue weighted by molar-refractivity contribution is -0.119. The number of imidazole rings is 1. The first kappa shape index (κ1) is 16.7. The maximum atomic E-state index is 14.0. The van der Waals surface area contributed by atoms with Gasteiger partial charge < -0.3 is 9.47 Å². The third-order valence-corrected chi connectivity index (χ3v) is 5.29. The van der Waals surface area contributed by atoms with Crippen molar-refractivity contribution in [1.82, 2.24) is 14.5 Å². The highest BCUT2D eigenvalue weighted by molar-refractivity contribution is 6.01. The van der Waals surface area contributed by atoms with Crippen molar-refractivity contribution in [2.75, 3.05) is 36.0 Å². The van der Waals surface area contributed by atoms with Gasteiger partial charge in [0.25, 0.3) is 0 Å². The number of aromatic nitrogens is 2. The van der Waals surface area contributed by atoms with Crippen molar-refractivity contribution in [2.45, 2.75) is 6.54 Å². The molecule has 0 radical (unpaired) electrons. The number of hydrogen-bond acceptors (Lipinski definition) is 3. The Morgan fingerprint density at radius 3 is 2.64 bits per heavy atom. The summed E-state index contributed by atoms with van der Waals surface area (Å²) in [4.78, 5) is 34.6. The summed E-state index contributed by atoms with van der Waals surface area (Å²) < 4.78 is 16.0. The average molecular weight is 379 g/mol. The van der Waals surface area contributed by atoms with Gasteiger partial charge >= 0.3 is 6.03 Å². The van der Waals surface area contributed by atoms with Gasteiger partial charge in [-0.15, -0.1) is 0 Å². The maximum absolute atomic E-state index is 14.0. The van der Waals surface area contributed by atoms with E-state index in [0.29, 0.717) is 32.1 Å². The lowest BCUT2D eigenvalue weighted by atomic mass is 10.3. The number of halogens is 1. The van der Waals surface area contributed by atoms with Crippen LogP contribution in [0.15, 0.2) is 48.5 Å². The molecule has 3 aromatic rings. The van der Waals surface area contributed by atoms with E-state index in [1.807, 2.05) is 28.8 Å². The Hall–Kier alpha value is -3.42. The Bertz CT molecular complexity index is 1100. The van der Waals surface area contributed by atoms with Crippen LogP contribution < -0.4 is 9.80 Å². The minimum atomic E-state index is -0.447. The molecule has 0 N–H and O–H groups in total. The molecule has 1 fully saturated rings. The molecule has 0 aliphatic carbocycles. The van der Waals surface area contributed by atoms with Crippen LogP contribution in [0.25, 0.3) is 11.0 Å². The van der Waals surface area contributed by atoms with E-state index in [2.05, 4.69) is 4.98 Å². The van der Waals surface area contributed by atoms with E-state index in [0.717, 1.165) is 11.0 Å². The zero-order chi connectivity index (χ0) is 19.3. The zero-order valence-electron chi connectivity index (χ0n) is 15.1. The van der Waals surface area contributed by atoms with Crippen LogP contribution in [-0.4, -0.2) is 52.6 Å². The minimum Gasteiger partial charge on any atom is -0.313 e. The summed E-state index contributed by atoms with van der Waals surface area (Å²) in [6.45, 7) is 1.89. The Morgan fingerprint density at radius 1 is 1.00 bits per heavy atom. The number of nitrogens with zero attached hydrogens (tertiary/aromatic N) is 5. The number of carbonyl (C=O) groups excluding carboxylic acids is 2. The SMILES string of the molecule is O=C1N(CC(=O)N2CCn3c2nc2ccccc23)CCN1c1ccccc1F. The lowest BCUT2D eigenvalue weighted by Crippen LogP contribution is -2.42. The Labute approximate surface area is 160 Å². The molecule has 0 spiro atoms. The van der Waals surface area contributed by atoms with Gasteiger partial charge in [0.1, 0.15) is 12.4 Å². The van der Waals surface area contributed by atoms with E-state index in [1.54, 1.807) is 23.1 Å². The molecule has 28 heavy (non-hydrogen) atoms. The second kappa shape index (κ2) is 6.33. The standard InChI is InChI=1S/C20H18FN5O2/c21-14-5-1-3-7-16(14)25-10-9-23(20(25)28)13-18(27)26-12-11-24-17-8-4-2-6-15(17)22-19(24)26/h1-8H,9-13H2. The molecule has 1 saturated heterocycles. The molecule has 5 rings (SSSR count). The molecule has 3 amide bonds. The van der Waals surface area contributed by atoms with E-state index >= 15 is 0 Å². The van der Waals surface area contributed by atoms with Crippen LogP contribution >= 0.6 is 0 Å². The van der Waals surface area contributed by atoms with E-state index in [9.17, 15) is 14.0 Å². The highest BCUT2D eigenvalue weighted by Crippen LogP contribution is 2.28. The predicted molar refractivity (Wildman–Crippen MR) is 103 cm³/mol. The number of urea groups is 1. The molecule has 8 heteroatoms. The minimum absolute atomic E-state index is 0.0486. The fourth-order valence-corrected chi connectivity index (χ4v) is 3.90. The number of carbonyl (C=O) groups is 2. The third kappa shape index (κ3) is 2.52. The van der Waals surface area contributed by atoms with Crippen LogP contribution in [0.4, 0.5) is 20.8 Å². The summed E-state index contributed by atoms with van der Waals surface area (Å²) in [5, 5.41) is 0. The van der Waals surface area contributed by atoms with Gasteiger partial charge in [-0.2, -0.15) is 0 Å². The molecule has 142 valence electrons. The highest BCUT2D eigenvalue weighted by Gasteiger charge is 2.35. The van der Waals surface area contributed by atoms with Gasteiger partial charge in [0, 0.05) is 26.2 Å². The van der Waals surface area contributed by atoms with Crippen LogP contribution in [0, 0.1) is 5.82 Å². The Morgan fingerprint density at radius 2 is 1.79 bits per heavy atom. The van der Waals surface area contributed by atoms with Crippen LogP contribution in [0.2, 0.25) is 0 Å². The van der Waals surface area contributed by atoms with Gasteiger partial charge in [-0.05, 0) is 24.3 Å². The molecule has 2 aliphatic rings. The molecule has 2 aliphatic heterocycles. The van der Waals surface area contributed by atoms with Crippen molar-refractivity contribution in [3.05, 3.63) is 54.3 Å². The molecule has 7 nitrogen and oxygen atoms in total. The third-order valence-electron chi connectivity index (χ3n) is 5.29. The molecule has 0 atom stereocenters. The first-order chi connectivity index (χ1) is 13.6. The smallest absolute Gasteiger partial charge is 0.313 e. The van der Waals surface area contributed by atoms with Crippen molar-refractivity contribution in [3.8, 4) is 0 Å². The Balaban J connectivity index is 1.34. The molecule has 0 unspecified atom stereocenters. The first-order valence-corrected chi connectivity index (χ1v) is 9.20. The van der Waals surface area contributed by atoms with Crippen molar-refractivity contribution < 1.29 is 14.0 Å². The van der Waals surface area contributed by atoms with Crippen LogP contribution in [0.1, 0.15) is 0 Å². The highest BCUT2D eigenvalue weighted by atomic mass is 19.1. The van der Waals surface area contributed by atoms with Gasteiger partial charge in [-0.1, -0.05) is 24.3 Å². The molecule has 0 saturated carbocycles. The van der Waals surface area contributed by atoms with Crippen molar-refractivity contribution in [1.29, 1.82) is 0 Å². The van der Waals surface area contributed by atoms with E-state index in [1.165, 1.54) is 15.9 Å². The van der Waals surface area contributed by atoms with Gasteiger partial charge in [0.05, 0.1) is 16.7 Å². The summed E-state index contributed by atoms with van der Waals surface area (Å²) in [6, 6.07) is 13.6. The number of hydrogen-bond donors (Lipinski definition) is 0. The van der Waals surface area contributed by atoms with Crippen LogP contribution in [0.5, 0.6) is 0 Å². The monoisotopic (exact) mass is 379 g/mol. The summed E-state index contributed by atoms with van der Waals surface area (Å²) in [7, 11) is 0. The second-order valence-corrected chi connectivity index (χ2v) is 6.90. The normalized spacial score (nSPS) is 16.3. The van der Waals surface area contributed by atoms with Gasteiger partial charge in [-0.3, -0.25) is 14.6 Å². The molecule has 1 aromatic heterocycles.